The smallest absolute Gasteiger partial charge is 0.123 e. The SMILES string of the molecule is CN(Cc1cccc(F)c1)Cc1cc(F)ccc1C(N)=S. The standard InChI is InChI=1S/C16H16F2N2S/c1-20(9-11-3-2-4-13(17)7-11)10-12-8-14(18)5-6-15(12)16(19)21/h2-8H,9-10H2,1H3,(H2,19,21). The predicted octanol–water partition coefficient (Wildman–Crippen LogP) is 3.23. The van der Waals surface area contributed by atoms with E-state index in [1.165, 1.54) is 24.3 Å². The highest BCUT2D eigenvalue weighted by Crippen LogP contribution is 2.15. The number of halogens is 2. The van der Waals surface area contributed by atoms with Crippen molar-refractivity contribution in [1.82, 2.24) is 4.90 Å². The molecule has 0 saturated heterocycles. The summed E-state index contributed by atoms with van der Waals surface area (Å²) in [5, 5.41) is 0. The van der Waals surface area contributed by atoms with Crippen molar-refractivity contribution in [3.8, 4) is 0 Å². The minimum Gasteiger partial charge on any atom is -0.389 e. The fraction of sp³-hybridized carbons (Fsp3) is 0.188. The quantitative estimate of drug-likeness (QED) is 0.860. The summed E-state index contributed by atoms with van der Waals surface area (Å²) in [6.07, 6.45) is 0. The highest BCUT2D eigenvalue weighted by atomic mass is 32.1. The van der Waals surface area contributed by atoms with Gasteiger partial charge in [0.05, 0.1) is 0 Å². The van der Waals surface area contributed by atoms with Gasteiger partial charge in [0, 0.05) is 18.7 Å². The number of rotatable bonds is 5. The third-order valence-electron chi connectivity index (χ3n) is 3.11. The average molecular weight is 306 g/mol. The van der Waals surface area contributed by atoms with Crippen LogP contribution in [0.1, 0.15) is 16.7 Å². The van der Waals surface area contributed by atoms with E-state index in [4.69, 9.17) is 18.0 Å². The molecule has 2 N–H and O–H groups in total. The van der Waals surface area contributed by atoms with E-state index in [1.54, 1.807) is 12.1 Å². The largest absolute Gasteiger partial charge is 0.389 e. The van der Waals surface area contributed by atoms with Crippen LogP contribution in [0.4, 0.5) is 8.78 Å². The molecule has 0 unspecified atom stereocenters. The van der Waals surface area contributed by atoms with E-state index in [0.717, 1.165) is 11.1 Å². The van der Waals surface area contributed by atoms with Gasteiger partial charge in [0.2, 0.25) is 0 Å². The lowest BCUT2D eigenvalue weighted by Gasteiger charge is -2.19. The number of thiocarbonyl (C=S) groups is 1. The monoisotopic (exact) mass is 306 g/mol. The Morgan fingerprint density at radius 3 is 2.48 bits per heavy atom. The fourth-order valence-corrected chi connectivity index (χ4v) is 2.43. The fourth-order valence-electron chi connectivity index (χ4n) is 2.23. The summed E-state index contributed by atoms with van der Waals surface area (Å²) < 4.78 is 26.6. The molecule has 0 spiro atoms. The summed E-state index contributed by atoms with van der Waals surface area (Å²) in [5.41, 5.74) is 7.89. The van der Waals surface area contributed by atoms with Crippen molar-refractivity contribution in [2.24, 2.45) is 5.73 Å². The zero-order chi connectivity index (χ0) is 15.4. The van der Waals surface area contributed by atoms with Crippen LogP contribution in [-0.4, -0.2) is 16.9 Å². The zero-order valence-electron chi connectivity index (χ0n) is 11.6. The molecule has 0 aliphatic rings. The Labute approximate surface area is 128 Å². The number of benzene rings is 2. The van der Waals surface area contributed by atoms with E-state index in [2.05, 4.69) is 0 Å². The summed E-state index contributed by atoms with van der Waals surface area (Å²) in [6, 6.07) is 10.8. The van der Waals surface area contributed by atoms with Crippen LogP contribution in [0.5, 0.6) is 0 Å². The molecular formula is C16H16F2N2S. The molecule has 110 valence electrons. The van der Waals surface area contributed by atoms with Gasteiger partial charge in [-0.15, -0.1) is 0 Å². The third kappa shape index (κ3) is 4.31. The van der Waals surface area contributed by atoms with Crippen molar-refractivity contribution < 1.29 is 8.78 Å². The van der Waals surface area contributed by atoms with Crippen molar-refractivity contribution in [1.29, 1.82) is 0 Å². The first-order valence-corrected chi connectivity index (χ1v) is 6.88. The van der Waals surface area contributed by atoms with Crippen LogP contribution in [-0.2, 0) is 13.1 Å². The first-order valence-electron chi connectivity index (χ1n) is 6.47. The van der Waals surface area contributed by atoms with Crippen LogP contribution < -0.4 is 5.73 Å². The topological polar surface area (TPSA) is 29.3 Å². The molecule has 2 rings (SSSR count). The molecule has 2 nitrogen and oxygen atoms in total. The Kier molecular flexibility index (Phi) is 4.98. The van der Waals surface area contributed by atoms with Crippen LogP contribution in [0.2, 0.25) is 0 Å². The van der Waals surface area contributed by atoms with E-state index in [0.29, 0.717) is 18.7 Å². The van der Waals surface area contributed by atoms with Gasteiger partial charge in [0.1, 0.15) is 16.6 Å². The zero-order valence-corrected chi connectivity index (χ0v) is 12.5. The van der Waals surface area contributed by atoms with Gasteiger partial charge in [0.15, 0.2) is 0 Å². The second-order valence-electron chi connectivity index (χ2n) is 4.97. The molecule has 0 aliphatic heterocycles. The van der Waals surface area contributed by atoms with Gasteiger partial charge in [-0.2, -0.15) is 0 Å². The van der Waals surface area contributed by atoms with Crippen LogP contribution in [0, 0.1) is 11.6 Å². The van der Waals surface area contributed by atoms with Gasteiger partial charge in [0.25, 0.3) is 0 Å². The molecule has 2 aromatic carbocycles. The second kappa shape index (κ2) is 6.74. The molecule has 0 atom stereocenters. The van der Waals surface area contributed by atoms with E-state index in [1.807, 2.05) is 18.0 Å². The van der Waals surface area contributed by atoms with Gasteiger partial charge in [-0.05, 0) is 48.5 Å². The predicted molar refractivity (Wildman–Crippen MR) is 83.9 cm³/mol. The first-order chi connectivity index (χ1) is 9.95. The van der Waals surface area contributed by atoms with Gasteiger partial charge in [-0.3, -0.25) is 4.90 Å². The second-order valence-corrected chi connectivity index (χ2v) is 5.41. The molecule has 2 aromatic rings. The van der Waals surface area contributed by atoms with Gasteiger partial charge < -0.3 is 5.73 Å². The van der Waals surface area contributed by atoms with Crippen molar-refractivity contribution in [3.05, 3.63) is 70.8 Å². The number of hydrogen-bond donors (Lipinski definition) is 1. The summed E-state index contributed by atoms with van der Waals surface area (Å²) in [6.45, 7) is 1.02. The van der Waals surface area contributed by atoms with Crippen molar-refractivity contribution in [2.45, 2.75) is 13.1 Å². The molecule has 0 heterocycles. The molecule has 0 aromatic heterocycles. The molecule has 0 radical (unpaired) electrons. The van der Waals surface area contributed by atoms with Crippen molar-refractivity contribution >= 4 is 17.2 Å². The lowest BCUT2D eigenvalue weighted by Crippen LogP contribution is -2.21. The Hall–Kier alpha value is -1.85. The number of hydrogen-bond acceptors (Lipinski definition) is 2. The number of nitrogens with zero attached hydrogens (tertiary/aromatic N) is 1. The molecule has 0 fully saturated rings. The summed E-state index contributed by atoms with van der Waals surface area (Å²) in [5.74, 6) is -0.598. The van der Waals surface area contributed by atoms with Crippen LogP contribution >= 0.6 is 12.2 Å². The third-order valence-corrected chi connectivity index (χ3v) is 3.33. The molecular weight excluding hydrogens is 290 g/mol. The van der Waals surface area contributed by atoms with E-state index in [-0.39, 0.29) is 16.6 Å². The minimum atomic E-state index is -0.329. The summed E-state index contributed by atoms with van der Waals surface area (Å²) >= 11 is 4.98. The molecule has 0 amide bonds. The van der Waals surface area contributed by atoms with E-state index < -0.39 is 0 Å². The van der Waals surface area contributed by atoms with E-state index in [9.17, 15) is 8.78 Å². The Bertz CT molecular complexity index is 658. The van der Waals surface area contributed by atoms with Crippen LogP contribution in [0.15, 0.2) is 42.5 Å². The maximum absolute atomic E-state index is 13.4. The molecule has 0 saturated carbocycles. The highest BCUT2D eigenvalue weighted by molar-refractivity contribution is 7.80. The summed E-state index contributed by atoms with van der Waals surface area (Å²) in [7, 11) is 1.87. The van der Waals surface area contributed by atoms with Crippen molar-refractivity contribution in [2.75, 3.05) is 7.05 Å². The lowest BCUT2D eigenvalue weighted by atomic mass is 10.1. The number of nitrogens with two attached hydrogens (primary N) is 1. The van der Waals surface area contributed by atoms with Gasteiger partial charge in [-0.1, -0.05) is 24.4 Å². The Balaban J connectivity index is 2.14. The Morgan fingerprint density at radius 1 is 1.10 bits per heavy atom. The van der Waals surface area contributed by atoms with Crippen molar-refractivity contribution in [3.63, 3.8) is 0 Å². The van der Waals surface area contributed by atoms with E-state index >= 15 is 0 Å². The maximum Gasteiger partial charge on any atom is 0.123 e. The maximum atomic E-state index is 13.4. The Morgan fingerprint density at radius 2 is 1.81 bits per heavy atom. The summed E-state index contributed by atoms with van der Waals surface area (Å²) in [4.78, 5) is 2.19. The van der Waals surface area contributed by atoms with Crippen LogP contribution in [0.25, 0.3) is 0 Å². The average Bonchev–Trinajstić information content (AvgIpc) is 2.38. The molecule has 5 heteroatoms. The molecule has 21 heavy (non-hydrogen) atoms. The minimum absolute atomic E-state index is 0.240. The lowest BCUT2D eigenvalue weighted by molar-refractivity contribution is 0.318. The van der Waals surface area contributed by atoms with Gasteiger partial charge in [-0.25, -0.2) is 8.78 Å². The van der Waals surface area contributed by atoms with Crippen LogP contribution in [0.3, 0.4) is 0 Å². The molecule has 0 aliphatic carbocycles. The normalized spacial score (nSPS) is 10.9. The first kappa shape index (κ1) is 15.5. The van der Waals surface area contributed by atoms with Gasteiger partial charge >= 0.3 is 0 Å². The molecule has 0 bridgehead atoms. The highest BCUT2D eigenvalue weighted by Gasteiger charge is 2.10.